The van der Waals surface area contributed by atoms with Crippen LogP contribution in [0.5, 0.6) is 23.0 Å². The number of hydrogen-bond donors (Lipinski definition) is 2. The Balaban J connectivity index is 1.40. The molecule has 0 spiro atoms. The van der Waals surface area contributed by atoms with Crippen LogP contribution < -0.4 is 24.3 Å². The van der Waals surface area contributed by atoms with Gasteiger partial charge in [0.25, 0.3) is 0 Å². The van der Waals surface area contributed by atoms with E-state index in [4.69, 9.17) is 35.5 Å². The zero-order valence-electron chi connectivity index (χ0n) is 19.5. The number of aromatic nitrogens is 2. The number of methoxy groups -OCH3 is 2. The summed E-state index contributed by atoms with van der Waals surface area (Å²) in [5.41, 5.74) is 3.12. The first kappa shape index (κ1) is 23.9. The van der Waals surface area contributed by atoms with Gasteiger partial charge in [-0.1, -0.05) is 23.4 Å². The van der Waals surface area contributed by atoms with Crippen LogP contribution in [0.15, 0.2) is 65.7 Å². The Morgan fingerprint density at radius 1 is 1.00 bits per heavy atom. The van der Waals surface area contributed by atoms with Crippen LogP contribution >= 0.6 is 23.4 Å². The summed E-state index contributed by atoms with van der Waals surface area (Å²) >= 11 is 7.38. The molecule has 0 saturated carbocycles. The molecule has 1 aliphatic heterocycles. The number of anilines is 1. The summed E-state index contributed by atoms with van der Waals surface area (Å²) in [6.07, 6.45) is 0. The molecule has 0 atom stereocenters. The van der Waals surface area contributed by atoms with Crippen molar-refractivity contribution < 1.29 is 23.7 Å². The van der Waals surface area contributed by atoms with E-state index in [2.05, 4.69) is 10.3 Å². The molecule has 0 bridgehead atoms. The Morgan fingerprint density at radius 2 is 1.75 bits per heavy atom. The van der Waals surface area contributed by atoms with Gasteiger partial charge in [-0.3, -0.25) is 4.79 Å². The molecule has 2 N–H and O–H groups in total. The molecular formula is C26H22ClN3O5S. The Hall–Kier alpha value is -3.82. The fraction of sp³-hybridized carbons (Fsp3) is 0.154. The van der Waals surface area contributed by atoms with E-state index in [0.29, 0.717) is 44.6 Å². The molecule has 10 heteroatoms. The van der Waals surface area contributed by atoms with Crippen LogP contribution in [0.25, 0.3) is 22.6 Å². The van der Waals surface area contributed by atoms with Crippen molar-refractivity contribution in [3.05, 3.63) is 65.7 Å². The van der Waals surface area contributed by atoms with Crippen LogP contribution in [0.4, 0.5) is 5.69 Å². The van der Waals surface area contributed by atoms with Gasteiger partial charge in [-0.2, -0.15) is 0 Å². The summed E-state index contributed by atoms with van der Waals surface area (Å²) in [6, 6.07) is 18.3. The number of nitrogens with one attached hydrogen (secondary N) is 2. The van der Waals surface area contributed by atoms with E-state index in [1.54, 1.807) is 44.6 Å². The van der Waals surface area contributed by atoms with Gasteiger partial charge in [-0.15, -0.1) is 0 Å². The number of amides is 1. The zero-order valence-corrected chi connectivity index (χ0v) is 21.0. The van der Waals surface area contributed by atoms with Crippen molar-refractivity contribution in [2.45, 2.75) is 5.03 Å². The number of rotatable bonds is 8. The van der Waals surface area contributed by atoms with E-state index in [0.717, 1.165) is 16.8 Å². The number of imidazole rings is 1. The molecule has 0 saturated heterocycles. The van der Waals surface area contributed by atoms with Crippen LogP contribution in [0.3, 0.4) is 0 Å². The third-order valence-electron chi connectivity index (χ3n) is 5.46. The summed E-state index contributed by atoms with van der Waals surface area (Å²) in [7, 11) is 3.18. The third-order valence-corrected chi connectivity index (χ3v) is 6.68. The van der Waals surface area contributed by atoms with Crippen LogP contribution in [0, 0.1) is 0 Å². The van der Waals surface area contributed by atoms with Crippen molar-refractivity contribution >= 4 is 35.0 Å². The van der Waals surface area contributed by atoms with Gasteiger partial charge in [0.1, 0.15) is 10.9 Å². The number of fused-ring (bicyclic) bond motifs is 1. The minimum atomic E-state index is -0.173. The highest BCUT2D eigenvalue weighted by Gasteiger charge is 2.18. The molecule has 0 aliphatic carbocycles. The highest BCUT2D eigenvalue weighted by atomic mass is 35.5. The number of benzene rings is 3. The fourth-order valence-corrected chi connectivity index (χ4v) is 4.63. The molecule has 0 fully saturated rings. The van der Waals surface area contributed by atoms with E-state index in [9.17, 15) is 4.79 Å². The number of nitrogens with zero attached hydrogens (tertiary/aromatic N) is 1. The average molecular weight is 524 g/mol. The first-order valence-corrected chi connectivity index (χ1v) is 12.3. The predicted molar refractivity (Wildman–Crippen MR) is 139 cm³/mol. The lowest BCUT2D eigenvalue weighted by molar-refractivity contribution is -0.113. The second-order valence-electron chi connectivity index (χ2n) is 7.75. The quantitative estimate of drug-likeness (QED) is 0.279. The fourth-order valence-electron chi connectivity index (χ4n) is 3.70. The van der Waals surface area contributed by atoms with E-state index < -0.39 is 0 Å². The van der Waals surface area contributed by atoms with Crippen LogP contribution in [0.1, 0.15) is 0 Å². The Morgan fingerprint density at radius 3 is 2.53 bits per heavy atom. The second kappa shape index (κ2) is 10.4. The first-order valence-electron chi connectivity index (χ1n) is 10.9. The van der Waals surface area contributed by atoms with Crippen LogP contribution in [-0.4, -0.2) is 42.6 Å². The molecule has 8 nitrogen and oxygen atoms in total. The molecule has 3 aromatic carbocycles. The Labute approximate surface area is 216 Å². The summed E-state index contributed by atoms with van der Waals surface area (Å²) in [6.45, 7) is 0.177. The van der Waals surface area contributed by atoms with Gasteiger partial charge in [-0.25, -0.2) is 4.98 Å². The summed E-state index contributed by atoms with van der Waals surface area (Å²) < 4.78 is 21.5. The van der Waals surface area contributed by atoms with E-state index >= 15 is 0 Å². The van der Waals surface area contributed by atoms with Gasteiger partial charge in [0.15, 0.2) is 23.0 Å². The number of halogens is 1. The van der Waals surface area contributed by atoms with Gasteiger partial charge >= 0.3 is 0 Å². The molecule has 184 valence electrons. The molecule has 1 amide bonds. The average Bonchev–Trinajstić information content (AvgIpc) is 3.54. The monoisotopic (exact) mass is 523 g/mol. The molecule has 1 aliphatic rings. The first-order chi connectivity index (χ1) is 17.5. The summed E-state index contributed by atoms with van der Waals surface area (Å²) in [4.78, 5) is 20.9. The minimum Gasteiger partial charge on any atom is -0.493 e. The molecular weight excluding hydrogens is 502 g/mol. The minimum absolute atomic E-state index is 0.152. The molecule has 0 unspecified atom stereocenters. The number of carbonyl (C=O) groups excluding carboxylic acids is 1. The van der Waals surface area contributed by atoms with Crippen molar-refractivity contribution in [3.8, 4) is 45.6 Å². The number of H-pyrrole nitrogens is 1. The number of hydrogen-bond acceptors (Lipinski definition) is 7. The lowest BCUT2D eigenvalue weighted by atomic mass is 10.1. The number of ether oxygens (including phenoxy) is 4. The van der Waals surface area contributed by atoms with Crippen molar-refractivity contribution in [3.63, 3.8) is 0 Å². The standard InChI is InChI=1S/C26H22ClN3O5S/c1-32-19-9-5-16(11-21(19)33-2)24-26(30-25(29-24)15-3-6-17(27)7-4-15)36-13-23(31)28-18-8-10-20-22(12-18)35-14-34-20/h3-12H,13-14H2,1-2H3,(H,28,31)(H,29,30). The smallest absolute Gasteiger partial charge is 0.234 e. The van der Waals surface area contributed by atoms with Gasteiger partial charge in [0.05, 0.1) is 25.7 Å². The van der Waals surface area contributed by atoms with Gasteiger partial charge in [0, 0.05) is 27.9 Å². The molecule has 2 heterocycles. The van der Waals surface area contributed by atoms with E-state index in [1.807, 2.05) is 30.3 Å². The Bertz CT molecular complexity index is 1410. The van der Waals surface area contributed by atoms with Crippen molar-refractivity contribution in [2.75, 3.05) is 32.1 Å². The number of aromatic amines is 1. The van der Waals surface area contributed by atoms with E-state index in [1.165, 1.54) is 11.8 Å². The SMILES string of the molecule is COc1ccc(-c2[nH]c(-c3ccc(Cl)cc3)nc2SCC(=O)Nc2ccc3c(c2)OCO3)cc1OC. The summed E-state index contributed by atoms with van der Waals surface area (Å²) in [5, 5.41) is 4.21. The predicted octanol–water partition coefficient (Wildman–Crippen LogP) is 5.87. The largest absolute Gasteiger partial charge is 0.493 e. The van der Waals surface area contributed by atoms with Crippen molar-refractivity contribution in [1.29, 1.82) is 0 Å². The number of carbonyl (C=O) groups is 1. The molecule has 36 heavy (non-hydrogen) atoms. The zero-order chi connectivity index (χ0) is 25.1. The molecule has 5 rings (SSSR count). The maximum absolute atomic E-state index is 12.7. The Kier molecular flexibility index (Phi) is 6.92. The lowest BCUT2D eigenvalue weighted by Gasteiger charge is -2.10. The van der Waals surface area contributed by atoms with Crippen molar-refractivity contribution in [2.24, 2.45) is 0 Å². The molecule has 1 aromatic heterocycles. The van der Waals surface area contributed by atoms with Gasteiger partial charge < -0.3 is 29.2 Å². The summed E-state index contributed by atoms with van der Waals surface area (Å²) in [5.74, 6) is 3.12. The van der Waals surface area contributed by atoms with Crippen molar-refractivity contribution in [1.82, 2.24) is 9.97 Å². The second-order valence-corrected chi connectivity index (χ2v) is 9.15. The lowest BCUT2D eigenvalue weighted by Crippen LogP contribution is -2.14. The molecule has 0 radical (unpaired) electrons. The van der Waals surface area contributed by atoms with E-state index in [-0.39, 0.29) is 18.5 Å². The topological polar surface area (TPSA) is 94.7 Å². The molecule has 4 aromatic rings. The number of thioether (sulfide) groups is 1. The third kappa shape index (κ3) is 5.07. The maximum Gasteiger partial charge on any atom is 0.234 e. The van der Waals surface area contributed by atoms with Gasteiger partial charge in [0.2, 0.25) is 12.7 Å². The highest BCUT2D eigenvalue weighted by molar-refractivity contribution is 8.00. The highest BCUT2D eigenvalue weighted by Crippen LogP contribution is 2.38. The van der Waals surface area contributed by atoms with Gasteiger partial charge in [-0.05, 0) is 54.6 Å². The normalized spacial score (nSPS) is 11.9. The maximum atomic E-state index is 12.7. The van der Waals surface area contributed by atoms with Crippen LogP contribution in [0.2, 0.25) is 5.02 Å². The van der Waals surface area contributed by atoms with Crippen LogP contribution in [-0.2, 0) is 4.79 Å².